The molecule has 0 spiro atoms. The van der Waals surface area contributed by atoms with E-state index in [1.165, 1.54) is 4.90 Å². The van der Waals surface area contributed by atoms with Crippen molar-refractivity contribution < 1.29 is 4.74 Å². The van der Waals surface area contributed by atoms with Crippen LogP contribution in [0.1, 0.15) is 18.4 Å². The predicted molar refractivity (Wildman–Crippen MR) is 118 cm³/mol. The Hall–Kier alpha value is -2.15. The molecule has 0 aliphatic carbocycles. The first-order valence-electron chi connectivity index (χ1n) is 9.40. The van der Waals surface area contributed by atoms with Gasteiger partial charge in [-0.15, -0.1) is 23.1 Å². The first kappa shape index (κ1) is 19.2. The first-order chi connectivity index (χ1) is 13.8. The lowest BCUT2D eigenvalue weighted by Crippen LogP contribution is -2.17. The zero-order chi connectivity index (χ0) is 19.2. The third-order valence-corrected chi connectivity index (χ3v) is 6.24. The van der Waals surface area contributed by atoms with E-state index in [1.807, 2.05) is 29.1 Å². The zero-order valence-electron chi connectivity index (χ0n) is 15.8. The molecule has 2 heterocycles. The molecule has 1 fully saturated rings. The molecular formula is C22H23N3OS2. The number of thiazole rings is 1. The molecule has 0 saturated carbocycles. The number of nitrogens with zero attached hydrogens (tertiary/aromatic N) is 3. The maximum absolute atomic E-state index is 5.72. The zero-order valence-corrected chi connectivity index (χ0v) is 17.5. The van der Waals surface area contributed by atoms with Gasteiger partial charge in [-0.1, -0.05) is 42.5 Å². The van der Waals surface area contributed by atoms with Crippen LogP contribution < -0.4 is 4.80 Å². The minimum absolute atomic E-state index is 0.235. The normalized spacial score (nSPS) is 17.6. The molecule has 0 bridgehead atoms. The van der Waals surface area contributed by atoms with Crippen LogP contribution in [0.4, 0.5) is 0 Å². The summed E-state index contributed by atoms with van der Waals surface area (Å²) in [6.45, 7) is 1.54. The van der Waals surface area contributed by atoms with Crippen molar-refractivity contribution in [2.24, 2.45) is 10.1 Å². The van der Waals surface area contributed by atoms with E-state index in [0.717, 1.165) is 41.1 Å². The van der Waals surface area contributed by atoms with Crippen LogP contribution in [0.15, 0.2) is 75.0 Å². The van der Waals surface area contributed by atoms with Gasteiger partial charge in [-0.3, -0.25) is 4.99 Å². The molecule has 1 aliphatic heterocycles. The summed E-state index contributed by atoms with van der Waals surface area (Å²) in [4.78, 5) is 6.96. The Balaban J connectivity index is 1.67. The van der Waals surface area contributed by atoms with E-state index in [0.29, 0.717) is 6.54 Å². The Bertz CT molecular complexity index is 985. The second-order valence-corrected chi connectivity index (χ2v) is 8.29. The van der Waals surface area contributed by atoms with Gasteiger partial charge in [0.1, 0.15) is 0 Å². The number of ether oxygens (including phenoxy) is 1. The highest BCUT2D eigenvalue weighted by Crippen LogP contribution is 2.20. The summed E-state index contributed by atoms with van der Waals surface area (Å²) in [5.41, 5.74) is 3.25. The first-order valence-corrected chi connectivity index (χ1v) is 11.5. The van der Waals surface area contributed by atoms with Crippen LogP contribution in [0.5, 0.6) is 0 Å². The van der Waals surface area contributed by atoms with Gasteiger partial charge < -0.3 is 4.74 Å². The van der Waals surface area contributed by atoms with Crippen LogP contribution in [-0.2, 0) is 4.74 Å². The second kappa shape index (κ2) is 9.37. The molecule has 3 aromatic rings. The molecule has 1 aliphatic rings. The van der Waals surface area contributed by atoms with Gasteiger partial charge in [0.2, 0.25) is 4.80 Å². The highest BCUT2D eigenvalue weighted by Gasteiger charge is 2.15. The Morgan fingerprint density at radius 1 is 1.18 bits per heavy atom. The fourth-order valence-electron chi connectivity index (χ4n) is 3.11. The fourth-order valence-corrected chi connectivity index (χ4v) is 4.36. The molecule has 4 rings (SSSR count). The summed E-state index contributed by atoms with van der Waals surface area (Å²) in [5.74, 6) is 0. The van der Waals surface area contributed by atoms with Crippen LogP contribution in [0, 0.1) is 0 Å². The molecule has 1 atom stereocenters. The van der Waals surface area contributed by atoms with Crippen LogP contribution in [0.25, 0.3) is 11.3 Å². The van der Waals surface area contributed by atoms with Crippen molar-refractivity contribution in [2.75, 3.05) is 19.4 Å². The van der Waals surface area contributed by atoms with Crippen molar-refractivity contribution in [1.82, 2.24) is 4.68 Å². The smallest absolute Gasteiger partial charge is 0.206 e. The number of aromatic nitrogens is 1. The molecule has 1 aromatic heterocycles. The maximum atomic E-state index is 5.72. The SMILES string of the molecule is CSc1ccc(/C=N\n2c(-c3ccccc3)csc2=NC[C@H]2CCCO2)cc1. The largest absolute Gasteiger partial charge is 0.376 e. The van der Waals surface area contributed by atoms with Crippen LogP contribution in [0.2, 0.25) is 0 Å². The van der Waals surface area contributed by atoms with Gasteiger partial charge in [0.15, 0.2) is 0 Å². The van der Waals surface area contributed by atoms with Crippen LogP contribution >= 0.6 is 23.1 Å². The van der Waals surface area contributed by atoms with Gasteiger partial charge in [0, 0.05) is 22.4 Å². The molecule has 1 saturated heterocycles. The Morgan fingerprint density at radius 2 is 2.00 bits per heavy atom. The molecular weight excluding hydrogens is 386 g/mol. The van der Waals surface area contributed by atoms with Crippen molar-refractivity contribution >= 4 is 29.3 Å². The average Bonchev–Trinajstić information content (AvgIpc) is 3.41. The quantitative estimate of drug-likeness (QED) is 0.429. The molecule has 0 amide bonds. The van der Waals surface area contributed by atoms with Gasteiger partial charge in [-0.05, 0) is 36.8 Å². The van der Waals surface area contributed by atoms with Crippen LogP contribution in [0.3, 0.4) is 0 Å². The summed E-state index contributed by atoms with van der Waals surface area (Å²) in [7, 11) is 0. The van der Waals surface area contributed by atoms with Gasteiger partial charge in [0.05, 0.1) is 24.6 Å². The van der Waals surface area contributed by atoms with E-state index in [2.05, 4.69) is 48.0 Å². The van der Waals surface area contributed by atoms with E-state index in [4.69, 9.17) is 14.8 Å². The minimum Gasteiger partial charge on any atom is -0.376 e. The topological polar surface area (TPSA) is 38.9 Å². The average molecular weight is 410 g/mol. The molecule has 144 valence electrons. The summed E-state index contributed by atoms with van der Waals surface area (Å²) >= 11 is 3.36. The highest BCUT2D eigenvalue weighted by molar-refractivity contribution is 7.98. The molecule has 0 N–H and O–H groups in total. The van der Waals surface area contributed by atoms with E-state index < -0.39 is 0 Å². The van der Waals surface area contributed by atoms with E-state index in [9.17, 15) is 0 Å². The summed E-state index contributed by atoms with van der Waals surface area (Å²) in [5, 5.41) is 6.90. The van der Waals surface area contributed by atoms with Crippen molar-refractivity contribution in [2.45, 2.75) is 23.8 Å². The second-order valence-electron chi connectivity index (χ2n) is 6.57. The van der Waals surface area contributed by atoms with Gasteiger partial charge in [-0.2, -0.15) is 5.10 Å². The lowest BCUT2D eigenvalue weighted by Gasteiger charge is -2.05. The Kier molecular flexibility index (Phi) is 6.41. The summed E-state index contributed by atoms with van der Waals surface area (Å²) in [6.07, 6.45) is 6.43. The van der Waals surface area contributed by atoms with Crippen LogP contribution in [-0.4, -0.2) is 36.4 Å². The van der Waals surface area contributed by atoms with Gasteiger partial charge in [-0.25, -0.2) is 4.68 Å². The minimum atomic E-state index is 0.235. The van der Waals surface area contributed by atoms with Crippen molar-refractivity contribution in [3.05, 3.63) is 70.3 Å². The third-order valence-electron chi connectivity index (χ3n) is 4.65. The lowest BCUT2D eigenvalue weighted by molar-refractivity contribution is 0.117. The molecule has 28 heavy (non-hydrogen) atoms. The van der Waals surface area contributed by atoms with E-state index in [-0.39, 0.29) is 6.10 Å². The predicted octanol–water partition coefficient (Wildman–Crippen LogP) is 4.90. The number of hydrogen-bond donors (Lipinski definition) is 0. The molecule has 4 nitrogen and oxygen atoms in total. The van der Waals surface area contributed by atoms with Gasteiger partial charge >= 0.3 is 0 Å². The molecule has 0 radical (unpaired) electrons. The molecule has 0 unspecified atom stereocenters. The highest BCUT2D eigenvalue weighted by atomic mass is 32.2. The summed E-state index contributed by atoms with van der Waals surface area (Å²) in [6, 6.07) is 18.7. The summed E-state index contributed by atoms with van der Waals surface area (Å²) < 4.78 is 7.66. The Labute approximate surface area is 173 Å². The number of thioether (sulfide) groups is 1. The monoisotopic (exact) mass is 409 g/mol. The van der Waals surface area contributed by atoms with Gasteiger partial charge in [0.25, 0.3) is 0 Å². The van der Waals surface area contributed by atoms with E-state index >= 15 is 0 Å². The third kappa shape index (κ3) is 4.63. The van der Waals surface area contributed by atoms with E-state index in [1.54, 1.807) is 23.1 Å². The molecule has 2 aromatic carbocycles. The van der Waals surface area contributed by atoms with Crippen molar-refractivity contribution in [1.29, 1.82) is 0 Å². The maximum Gasteiger partial charge on any atom is 0.206 e. The van der Waals surface area contributed by atoms with Crippen molar-refractivity contribution in [3.63, 3.8) is 0 Å². The standard InChI is InChI=1S/C22H23N3OS2/c1-27-20-11-9-17(10-12-20)14-24-25-21(18-6-3-2-4-7-18)16-28-22(25)23-15-19-8-5-13-26-19/h2-4,6-7,9-12,14,16,19H,5,8,13,15H2,1H3/b23-22?,24-14-/t19-/m1/s1. The number of hydrogen-bond acceptors (Lipinski definition) is 5. The van der Waals surface area contributed by atoms with Crippen molar-refractivity contribution in [3.8, 4) is 11.3 Å². The Morgan fingerprint density at radius 3 is 2.71 bits per heavy atom. The molecule has 6 heteroatoms. The number of rotatable bonds is 6. The fraction of sp³-hybridized carbons (Fsp3) is 0.273. The lowest BCUT2D eigenvalue weighted by atomic mass is 10.2. The number of benzene rings is 2.